The zero-order valence-corrected chi connectivity index (χ0v) is 23.5. The molecule has 0 spiro atoms. The van der Waals surface area contributed by atoms with Gasteiger partial charge < -0.3 is 19.9 Å². The van der Waals surface area contributed by atoms with E-state index in [-0.39, 0.29) is 11.3 Å². The molecule has 1 atom stereocenters. The maximum Gasteiger partial charge on any atom is 0.284 e. The molecule has 39 heavy (non-hydrogen) atoms. The maximum absolute atomic E-state index is 12.8. The number of nitrogens with zero attached hydrogens (tertiary/aromatic N) is 1. The highest BCUT2D eigenvalue weighted by atomic mass is 32.2. The van der Waals surface area contributed by atoms with E-state index in [9.17, 15) is 9.90 Å². The Kier molecular flexibility index (Phi) is 6.27. The van der Waals surface area contributed by atoms with Crippen LogP contribution in [-0.4, -0.2) is 43.4 Å². The number of aliphatic imine (C=N–C) groups is 1. The molecule has 2 heterocycles. The summed E-state index contributed by atoms with van der Waals surface area (Å²) in [6, 6.07) is 9.98. The number of phenols is 1. The fraction of sp³-hybridized carbons (Fsp3) is 0.500. The van der Waals surface area contributed by atoms with E-state index in [1.54, 1.807) is 14.2 Å². The first-order valence-corrected chi connectivity index (χ1v) is 15.1. The lowest BCUT2D eigenvalue weighted by Crippen LogP contribution is -2.48. The number of rotatable bonds is 6. The van der Waals surface area contributed by atoms with Crippen LogP contribution in [0.2, 0.25) is 0 Å². The first kappa shape index (κ1) is 25.2. The van der Waals surface area contributed by atoms with Crippen molar-refractivity contribution in [2.75, 3.05) is 27.3 Å². The molecule has 5 fully saturated rings. The van der Waals surface area contributed by atoms with Crippen molar-refractivity contribution in [3.8, 4) is 28.4 Å². The summed E-state index contributed by atoms with van der Waals surface area (Å²) >= 11 is 1.48. The van der Waals surface area contributed by atoms with Gasteiger partial charge >= 0.3 is 0 Å². The van der Waals surface area contributed by atoms with E-state index in [0.717, 1.165) is 64.6 Å². The molecule has 4 bridgehead atoms. The van der Waals surface area contributed by atoms with Crippen LogP contribution in [0.1, 0.15) is 56.1 Å². The van der Waals surface area contributed by atoms with Crippen molar-refractivity contribution in [3.05, 3.63) is 46.4 Å². The van der Waals surface area contributed by atoms with Gasteiger partial charge in [-0.05, 0) is 104 Å². The van der Waals surface area contributed by atoms with Crippen molar-refractivity contribution in [2.24, 2.45) is 28.7 Å². The summed E-state index contributed by atoms with van der Waals surface area (Å²) in [6.45, 7) is 1.83. The van der Waals surface area contributed by atoms with Crippen LogP contribution < -0.4 is 14.8 Å². The van der Waals surface area contributed by atoms with Crippen molar-refractivity contribution < 1.29 is 19.4 Å². The third-order valence-electron chi connectivity index (χ3n) is 9.80. The Morgan fingerprint density at radius 3 is 2.38 bits per heavy atom. The number of benzene rings is 2. The number of hydrogen-bond donors (Lipinski definition) is 2. The third-order valence-corrected chi connectivity index (χ3v) is 10.9. The molecule has 6 aliphatic rings. The standard InChI is InChI=1S/C32H36N2O4S/c1-37-27-13-28(38-2)24(10-23(27)12-29-30(36)34-31(39-29)22-5-6-33-17-22)21-3-4-26(35)25(11-21)32-14-18-7-19(15-32)9-20(8-18)16-32/h3-4,10-13,18-20,22,33,35H,5-9,14-17H2,1-2H3/b29-12+. The molecule has 4 aliphatic carbocycles. The number of thioether (sulfide) groups is 1. The summed E-state index contributed by atoms with van der Waals surface area (Å²) in [5.41, 5.74) is 3.93. The van der Waals surface area contributed by atoms with Gasteiger partial charge in [-0.1, -0.05) is 17.8 Å². The number of hydrogen-bond acceptors (Lipinski definition) is 6. The molecule has 4 saturated carbocycles. The van der Waals surface area contributed by atoms with Gasteiger partial charge in [0.15, 0.2) is 0 Å². The number of phenolic OH excluding ortho intramolecular Hbond substituents is 1. The molecule has 0 aromatic heterocycles. The summed E-state index contributed by atoms with van der Waals surface area (Å²) < 4.78 is 11.6. The van der Waals surface area contributed by atoms with Crippen LogP contribution in [-0.2, 0) is 10.2 Å². The molecule has 1 unspecified atom stereocenters. The van der Waals surface area contributed by atoms with Crippen LogP contribution in [0.15, 0.2) is 40.2 Å². The quantitative estimate of drug-likeness (QED) is 0.424. The maximum atomic E-state index is 12.8. The summed E-state index contributed by atoms with van der Waals surface area (Å²) in [5.74, 6) is 4.26. The zero-order valence-electron chi connectivity index (χ0n) is 22.7. The molecular weight excluding hydrogens is 508 g/mol. The molecule has 7 heteroatoms. The van der Waals surface area contributed by atoms with Crippen LogP contribution >= 0.6 is 11.8 Å². The van der Waals surface area contributed by atoms with E-state index in [0.29, 0.717) is 28.1 Å². The Labute approximate surface area is 234 Å². The number of carbonyl (C=O) groups excluding carboxylic acids is 1. The molecule has 204 valence electrons. The van der Waals surface area contributed by atoms with Gasteiger partial charge in [0.05, 0.1) is 24.2 Å². The van der Waals surface area contributed by atoms with Crippen LogP contribution in [0.25, 0.3) is 17.2 Å². The second-order valence-corrected chi connectivity index (χ2v) is 13.3. The number of aromatic hydroxyl groups is 1. The third kappa shape index (κ3) is 4.38. The van der Waals surface area contributed by atoms with Gasteiger partial charge in [-0.15, -0.1) is 0 Å². The van der Waals surface area contributed by atoms with E-state index in [4.69, 9.17) is 9.47 Å². The lowest BCUT2D eigenvalue weighted by atomic mass is 9.48. The highest BCUT2D eigenvalue weighted by Gasteiger charge is 2.52. The van der Waals surface area contributed by atoms with Gasteiger partial charge in [0, 0.05) is 35.2 Å². The monoisotopic (exact) mass is 544 g/mol. The second-order valence-electron chi connectivity index (χ2n) is 12.3. The average molecular weight is 545 g/mol. The highest BCUT2D eigenvalue weighted by molar-refractivity contribution is 8.18. The SMILES string of the molecule is COc1cc(OC)c(-c2ccc(O)c(C34CC5CC(CC(C5)C3)C4)c2)cc1/C=C1/SC(C2CCNC2)=NC1=O. The first-order valence-electron chi connectivity index (χ1n) is 14.3. The smallest absolute Gasteiger partial charge is 0.284 e. The molecule has 2 aliphatic heterocycles. The van der Waals surface area contributed by atoms with Crippen molar-refractivity contribution in [2.45, 2.75) is 50.4 Å². The summed E-state index contributed by atoms with van der Waals surface area (Å²) in [5, 5.41) is 15.4. The minimum atomic E-state index is -0.185. The van der Waals surface area contributed by atoms with Gasteiger partial charge in [-0.3, -0.25) is 4.79 Å². The van der Waals surface area contributed by atoms with Gasteiger partial charge in [0.1, 0.15) is 17.2 Å². The Balaban J connectivity index is 1.27. The van der Waals surface area contributed by atoms with Crippen molar-refractivity contribution in [1.82, 2.24) is 5.32 Å². The molecule has 1 saturated heterocycles. The van der Waals surface area contributed by atoms with Crippen molar-refractivity contribution in [1.29, 1.82) is 0 Å². The fourth-order valence-corrected chi connectivity index (χ4v) is 9.48. The van der Waals surface area contributed by atoms with Crippen molar-refractivity contribution in [3.63, 3.8) is 0 Å². The Hall–Kier alpha value is -2.77. The Bertz CT molecular complexity index is 1360. The molecule has 6 nitrogen and oxygen atoms in total. The largest absolute Gasteiger partial charge is 0.508 e. The number of ether oxygens (including phenoxy) is 2. The Morgan fingerprint density at radius 1 is 1.03 bits per heavy atom. The molecule has 1 amide bonds. The molecular formula is C32H36N2O4S. The predicted octanol–water partition coefficient (Wildman–Crippen LogP) is 6.17. The molecule has 2 N–H and O–H groups in total. The molecule has 8 rings (SSSR count). The first-order chi connectivity index (χ1) is 18.9. The normalized spacial score (nSPS) is 32.2. The molecule has 2 aromatic carbocycles. The lowest BCUT2D eigenvalue weighted by Gasteiger charge is -2.57. The Morgan fingerprint density at radius 2 is 1.74 bits per heavy atom. The number of amides is 1. The van der Waals surface area contributed by atoms with E-state index < -0.39 is 0 Å². The summed E-state index contributed by atoms with van der Waals surface area (Å²) in [7, 11) is 3.31. The number of methoxy groups -OCH3 is 2. The number of nitrogens with one attached hydrogen (secondary N) is 1. The fourth-order valence-electron chi connectivity index (χ4n) is 8.44. The van der Waals surface area contributed by atoms with Gasteiger partial charge in [-0.25, -0.2) is 4.99 Å². The summed E-state index contributed by atoms with van der Waals surface area (Å²) in [6.07, 6.45) is 10.6. The topological polar surface area (TPSA) is 80.2 Å². The number of carbonyl (C=O) groups is 1. The van der Waals surface area contributed by atoms with Gasteiger partial charge in [0.2, 0.25) is 0 Å². The highest BCUT2D eigenvalue weighted by Crippen LogP contribution is 2.62. The van der Waals surface area contributed by atoms with Crippen molar-refractivity contribution >= 4 is 28.8 Å². The van der Waals surface area contributed by atoms with E-state index in [2.05, 4.69) is 16.4 Å². The lowest BCUT2D eigenvalue weighted by molar-refractivity contribution is -0.113. The van der Waals surface area contributed by atoms with E-state index >= 15 is 0 Å². The minimum absolute atomic E-state index is 0.0785. The average Bonchev–Trinajstić information content (AvgIpc) is 3.58. The van der Waals surface area contributed by atoms with Crippen LogP contribution in [0.3, 0.4) is 0 Å². The van der Waals surface area contributed by atoms with Crippen LogP contribution in [0.4, 0.5) is 0 Å². The minimum Gasteiger partial charge on any atom is -0.508 e. The van der Waals surface area contributed by atoms with Crippen LogP contribution in [0.5, 0.6) is 17.2 Å². The van der Waals surface area contributed by atoms with E-state index in [1.807, 2.05) is 30.3 Å². The predicted molar refractivity (Wildman–Crippen MR) is 155 cm³/mol. The van der Waals surface area contributed by atoms with Crippen LogP contribution in [0, 0.1) is 23.7 Å². The summed E-state index contributed by atoms with van der Waals surface area (Å²) in [4.78, 5) is 17.8. The van der Waals surface area contributed by atoms with Gasteiger partial charge in [0.25, 0.3) is 5.91 Å². The second kappa shape index (κ2) is 9.70. The molecule has 0 radical (unpaired) electrons. The van der Waals surface area contributed by atoms with E-state index in [1.165, 1.54) is 50.3 Å². The molecule has 2 aromatic rings. The van der Waals surface area contributed by atoms with Gasteiger partial charge in [-0.2, -0.15) is 0 Å². The zero-order chi connectivity index (χ0) is 26.7.